The standard InChI is InChI=1S/C4H2ClIN2O/c5-3-2(6)4(9)8-1-7-3/h1H,(H,7,8,9). The van der Waals surface area contributed by atoms with Gasteiger partial charge < -0.3 is 4.98 Å². The number of halogens is 2. The van der Waals surface area contributed by atoms with Crippen LogP contribution in [-0.2, 0) is 0 Å². The number of hydrogen-bond donors (Lipinski definition) is 1. The zero-order valence-electron chi connectivity index (χ0n) is 4.19. The molecule has 9 heavy (non-hydrogen) atoms. The van der Waals surface area contributed by atoms with Gasteiger partial charge in [0, 0.05) is 0 Å². The SMILES string of the molecule is O=c1[nH]cnc(Cl)c1I. The lowest BCUT2D eigenvalue weighted by Gasteiger charge is -1.88. The molecule has 1 N–H and O–H groups in total. The maximum atomic E-state index is 10.7. The number of hydrogen-bond acceptors (Lipinski definition) is 2. The van der Waals surface area contributed by atoms with E-state index < -0.39 is 0 Å². The zero-order valence-corrected chi connectivity index (χ0v) is 7.10. The molecule has 0 fully saturated rings. The topological polar surface area (TPSA) is 45.8 Å². The molecule has 5 heteroatoms. The molecular formula is C4H2ClIN2O. The molecule has 0 spiro atoms. The van der Waals surface area contributed by atoms with Crippen molar-refractivity contribution in [2.75, 3.05) is 0 Å². The van der Waals surface area contributed by atoms with Crippen LogP contribution in [0.15, 0.2) is 11.1 Å². The molecule has 0 aromatic carbocycles. The van der Waals surface area contributed by atoms with Crippen molar-refractivity contribution in [2.45, 2.75) is 0 Å². The smallest absolute Gasteiger partial charge is 0.265 e. The van der Waals surface area contributed by atoms with Crippen molar-refractivity contribution in [1.82, 2.24) is 9.97 Å². The van der Waals surface area contributed by atoms with Gasteiger partial charge in [-0.1, -0.05) is 11.6 Å². The Bertz CT molecular complexity index is 272. The second-order valence-electron chi connectivity index (χ2n) is 1.34. The highest BCUT2D eigenvalue weighted by atomic mass is 127. The predicted octanol–water partition coefficient (Wildman–Crippen LogP) is 1.03. The van der Waals surface area contributed by atoms with Crippen LogP contribution in [0.4, 0.5) is 0 Å². The van der Waals surface area contributed by atoms with Crippen LogP contribution in [0, 0.1) is 3.57 Å². The first-order valence-electron chi connectivity index (χ1n) is 2.10. The maximum absolute atomic E-state index is 10.7. The molecule has 0 aliphatic heterocycles. The van der Waals surface area contributed by atoms with Crippen LogP contribution in [0.1, 0.15) is 0 Å². The van der Waals surface area contributed by atoms with Crippen LogP contribution >= 0.6 is 34.2 Å². The Morgan fingerprint density at radius 3 is 2.89 bits per heavy atom. The minimum absolute atomic E-state index is 0.199. The molecule has 1 aromatic heterocycles. The minimum Gasteiger partial charge on any atom is -0.312 e. The Morgan fingerprint density at radius 1 is 1.78 bits per heavy atom. The van der Waals surface area contributed by atoms with Crippen molar-refractivity contribution in [3.8, 4) is 0 Å². The van der Waals surface area contributed by atoms with Crippen LogP contribution in [0.2, 0.25) is 5.15 Å². The van der Waals surface area contributed by atoms with Gasteiger partial charge in [-0.3, -0.25) is 4.79 Å². The van der Waals surface area contributed by atoms with E-state index in [1.54, 1.807) is 0 Å². The molecule has 0 unspecified atom stereocenters. The average molecular weight is 256 g/mol. The Balaban J connectivity index is 3.43. The third-order valence-corrected chi connectivity index (χ3v) is 2.36. The quantitative estimate of drug-likeness (QED) is 0.556. The van der Waals surface area contributed by atoms with Crippen molar-refractivity contribution in [2.24, 2.45) is 0 Å². The van der Waals surface area contributed by atoms with Gasteiger partial charge in [-0.15, -0.1) is 0 Å². The van der Waals surface area contributed by atoms with Gasteiger partial charge in [0.1, 0.15) is 8.72 Å². The first kappa shape index (κ1) is 7.01. The highest BCUT2D eigenvalue weighted by molar-refractivity contribution is 14.1. The molecular weight excluding hydrogens is 254 g/mol. The van der Waals surface area contributed by atoms with Gasteiger partial charge in [-0.05, 0) is 22.6 Å². The Kier molecular flexibility index (Phi) is 2.07. The lowest BCUT2D eigenvalue weighted by atomic mass is 10.7. The molecule has 1 rings (SSSR count). The third-order valence-electron chi connectivity index (χ3n) is 0.754. The highest BCUT2D eigenvalue weighted by Crippen LogP contribution is 2.07. The summed E-state index contributed by atoms with van der Waals surface area (Å²) in [7, 11) is 0. The van der Waals surface area contributed by atoms with E-state index >= 15 is 0 Å². The fourth-order valence-electron chi connectivity index (χ4n) is 0.361. The summed E-state index contributed by atoms with van der Waals surface area (Å²) in [6, 6.07) is 0. The number of nitrogens with one attached hydrogen (secondary N) is 1. The molecule has 0 amide bonds. The van der Waals surface area contributed by atoms with E-state index in [-0.39, 0.29) is 10.7 Å². The van der Waals surface area contributed by atoms with E-state index in [1.165, 1.54) is 6.33 Å². The lowest BCUT2D eigenvalue weighted by Crippen LogP contribution is -2.09. The van der Waals surface area contributed by atoms with E-state index in [0.717, 1.165) is 0 Å². The second kappa shape index (κ2) is 2.66. The molecule has 48 valence electrons. The molecule has 1 heterocycles. The second-order valence-corrected chi connectivity index (χ2v) is 2.77. The van der Waals surface area contributed by atoms with Crippen molar-refractivity contribution in [3.63, 3.8) is 0 Å². The van der Waals surface area contributed by atoms with Gasteiger partial charge in [0.05, 0.1) is 6.33 Å². The maximum Gasteiger partial charge on any atom is 0.265 e. The van der Waals surface area contributed by atoms with Crippen LogP contribution in [0.5, 0.6) is 0 Å². The normalized spacial score (nSPS) is 9.56. The van der Waals surface area contributed by atoms with Crippen molar-refractivity contribution in [1.29, 1.82) is 0 Å². The summed E-state index contributed by atoms with van der Waals surface area (Å²) in [5, 5.41) is 0.249. The number of H-pyrrole nitrogens is 1. The Labute approximate surface area is 69.6 Å². The van der Waals surface area contributed by atoms with Gasteiger partial charge in [0.25, 0.3) is 5.56 Å². The molecule has 0 saturated carbocycles. The summed E-state index contributed by atoms with van der Waals surface area (Å²) in [5.74, 6) is 0. The molecule has 1 aromatic rings. The molecule has 0 aliphatic rings. The van der Waals surface area contributed by atoms with E-state index in [2.05, 4.69) is 9.97 Å². The van der Waals surface area contributed by atoms with Crippen molar-refractivity contribution in [3.05, 3.63) is 25.4 Å². The van der Waals surface area contributed by atoms with Gasteiger partial charge in [0.2, 0.25) is 0 Å². The largest absolute Gasteiger partial charge is 0.312 e. The molecule has 3 nitrogen and oxygen atoms in total. The fourth-order valence-corrected chi connectivity index (χ4v) is 0.791. The van der Waals surface area contributed by atoms with Crippen molar-refractivity contribution >= 4 is 34.2 Å². The van der Waals surface area contributed by atoms with Crippen LogP contribution in [0.3, 0.4) is 0 Å². The van der Waals surface area contributed by atoms with Gasteiger partial charge in [-0.2, -0.15) is 0 Å². The number of nitrogens with zero attached hydrogens (tertiary/aromatic N) is 1. The summed E-state index contributed by atoms with van der Waals surface area (Å²) in [6.45, 7) is 0. The summed E-state index contributed by atoms with van der Waals surface area (Å²) < 4.78 is 0.428. The van der Waals surface area contributed by atoms with Gasteiger partial charge in [-0.25, -0.2) is 4.98 Å². The number of aromatic amines is 1. The van der Waals surface area contributed by atoms with E-state index in [9.17, 15) is 4.79 Å². The minimum atomic E-state index is -0.199. The van der Waals surface area contributed by atoms with Gasteiger partial charge in [0.15, 0.2) is 0 Å². The Morgan fingerprint density at radius 2 is 2.44 bits per heavy atom. The highest BCUT2D eigenvalue weighted by Gasteiger charge is 1.98. The third kappa shape index (κ3) is 1.42. The molecule has 0 atom stereocenters. The monoisotopic (exact) mass is 256 g/mol. The summed E-state index contributed by atoms with van der Waals surface area (Å²) in [5.41, 5.74) is -0.199. The fraction of sp³-hybridized carbons (Fsp3) is 0. The van der Waals surface area contributed by atoms with Crippen LogP contribution in [0.25, 0.3) is 0 Å². The van der Waals surface area contributed by atoms with Crippen molar-refractivity contribution < 1.29 is 0 Å². The molecule has 0 bridgehead atoms. The first-order valence-corrected chi connectivity index (χ1v) is 3.56. The predicted molar refractivity (Wildman–Crippen MR) is 42.6 cm³/mol. The number of aromatic nitrogens is 2. The summed E-state index contributed by atoms with van der Waals surface area (Å²) in [4.78, 5) is 16.7. The lowest BCUT2D eigenvalue weighted by molar-refractivity contribution is 1.10. The average Bonchev–Trinajstić information content (AvgIpc) is 1.83. The Hall–Kier alpha value is -0.100. The van der Waals surface area contributed by atoms with E-state index in [1.807, 2.05) is 22.6 Å². The zero-order chi connectivity index (χ0) is 6.85. The van der Waals surface area contributed by atoms with Crippen LogP contribution < -0.4 is 5.56 Å². The summed E-state index contributed by atoms with van der Waals surface area (Å²) in [6.07, 6.45) is 1.27. The molecule has 0 saturated heterocycles. The first-order chi connectivity index (χ1) is 4.22. The van der Waals surface area contributed by atoms with E-state index in [0.29, 0.717) is 3.57 Å². The molecule has 0 radical (unpaired) electrons. The number of rotatable bonds is 0. The summed E-state index contributed by atoms with van der Waals surface area (Å²) >= 11 is 7.31. The molecule has 0 aliphatic carbocycles. The van der Waals surface area contributed by atoms with E-state index in [4.69, 9.17) is 11.6 Å². The van der Waals surface area contributed by atoms with Crippen LogP contribution in [-0.4, -0.2) is 9.97 Å². The van der Waals surface area contributed by atoms with Gasteiger partial charge >= 0.3 is 0 Å².